The zero-order valence-electron chi connectivity index (χ0n) is 22.0. The molecule has 0 aliphatic carbocycles. The van der Waals surface area contributed by atoms with Gasteiger partial charge in [-0.15, -0.1) is 0 Å². The lowest BCUT2D eigenvalue weighted by atomic mass is 10.1. The number of nitrogens with one attached hydrogen (secondary N) is 1. The number of nitrogens with zero attached hydrogens (tertiary/aromatic N) is 3. The van der Waals surface area contributed by atoms with Crippen molar-refractivity contribution in [3.05, 3.63) is 59.2 Å². The summed E-state index contributed by atoms with van der Waals surface area (Å²) >= 11 is 0. The van der Waals surface area contributed by atoms with Crippen LogP contribution in [0.4, 0.5) is 23.9 Å². The minimum absolute atomic E-state index is 0.0745. The summed E-state index contributed by atoms with van der Waals surface area (Å²) in [6, 6.07) is 8.46. The lowest BCUT2D eigenvalue weighted by molar-refractivity contribution is -0.137. The molecule has 0 saturated carbocycles. The number of methoxy groups -OCH3 is 1. The van der Waals surface area contributed by atoms with Crippen molar-refractivity contribution in [3.8, 4) is 0 Å². The number of hydrogen-bond donors (Lipinski definition) is 1. The SMILES string of the molecule is COC(=O)c1ccc2c(c1)nc(NC(=O)c1cccc(C(F)(F)F)c1)n2[C@@H]1CCCN(C(=O)OC(C)(C)C)C1. The summed E-state index contributed by atoms with van der Waals surface area (Å²) in [5.74, 6) is -1.29. The molecule has 1 N–H and O–H groups in total. The van der Waals surface area contributed by atoms with Gasteiger partial charge in [0.15, 0.2) is 0 Å². The van der Waals surface area contributed by atoms with Gasteiger partial charge in [0.05, 0.1) is 35.3 Å². The average Bonchev–Trinajstić information content (AvgIpc) is 3.23. The molecule has 1 fully saturated rings. The minimum atomic E-state index is -4.61. The van der Waals surface area contributed by atoms with Gasteiger partial charge in [0.2, 0.25) is 5.95 Å². The van der Waals surface area contributed by atoms with E-state index in [2.05, 4.69) is 10.3 Å². The maximum Gasteiger partial charge on any atom is 0.416 e. The highest BCUT2D eigenvalue weighted by Gasteiger charge is 2.33. The summed E-state index contributed by atoms with van der Waals surface area (Å²) in [4.78, 5) is 44.0. The van der Waals surface area contributed by atoms with Crippen LogP contribution in [-0.4, -0.2) is 58.2 Å². The lowest BCUT2D eigenvalue weighted by Gasteiger charge is -2.35. The van der Waals surface area contributed by atoms with Crippen LogP contribution < -0.4 is 5.32 Å². The highest BCUT2D eigenvalue weighted by molar-refractivity contribution is 6.04. The predicted molar refractivity (Wildman–Crippen MR) is 137 cm³/mol. The van der Waals surface area contributed by atoms with E-state index in [1.54, 1.807) is 42.4 Å². The number of piperidine rings is 1. The highest BCUT2D eigenvalue weighted by Crippen LogP contribution is 2.33. The van der Waals surface area contributed by atoms with Crippen molar-refractivity contribution in [2.75, 3.05) is 25.5 Å². The van der Waals surface area contributed by atoms with E-state index in [1.165, 1.54) is 19.2 Å². The van der Waals surface area contributed by atoms with Gasteiger partial charge >= 0.3 is 18.2 Å². The quantitative estimate of drug-likeness (QED) is 0.424. The number of fused-ring (bicyclic) bond motifs is 1. The Hall–Kier alpha value is -4.09. The van der Waals surface area contributed by atoms with Crippen molar-refractivity contribution in [1.82, 2.24) is 14.5 Å². The fourth-order valence-electron chi connectivity index (χ4n) is 4.47. The second-order valence-corrected chi connectivity index (χ2v) is 10.3. The van der Waals surface area contributed by atoms with Crippen LogP contribution in [-0.2, 0) is 15.7 Å². The third-order valence-electron chi connectivity index (χ3n) is 6.20. The van der Waals surface area contributed by atoms with Gasteiger partial charge in [0.1, 0.15) is 5.60 Å². The number of amides is 2. The number of aromatic nitrogens is 2. The van der Waals surface area contributed by atoms with Crippen LogP contribution in [0.5, 0.6) is 0 Å². The van der Waals surface area contributed by atoms with E-state index in [0.717, 1.165) is 18.2 Å². The molecule has 2 amide bonds. The molecule has 9 nitrogen and oxygen atoms in total. The Morgan fingerprint density at radius 3 is 2.46 bits per heavy atom. The molecule has 1 saturated heterocycles. The molecular formula is C27H29F3N4O5. The number of ether oxygens (including phenoxy) is 2. The Morgan fingerprint density at radius 1 is 1.05 bits per heavy atom. The summed E-state index contributed by atoms with van der Waals surface area (Å²) < 4.78 is 51.7. The van der Waals surface area contributed by atoms with Crippen molar-refractivity contribution in [2.24, 2.45) is 0 Å². The van der Waals surface area contributed by atoms with Crippen molar-refractivity contribution in [1.29, 1.82) is 0 Å². The van der Waals surface area contributed by atoms with Gasteiger partial charge in [0, 0.05) is 18.7 Å². The normalized spacial score (nSPS) is 16.2. The largest absolute Gasteiger partial charge is 0.465 e. The number of hydrogen-bond acceptors (Lipinski definition) is 6. The number of imidazole rings is 1. The smallest absolute Gasteiger partial charge is 0.416 e. The third-order valence-corrected chi connectivity index (χ3v) is 6.20. The monoisotopic (exact) mass is 546 g/mol. The Morgan fingerprint density at radius 2 is 1.79 bits per heavy atom. The molecular weight excluding hydrogens is 517 g/mol. The first-order valence-corrected chi connectivity index (χ1v) is 12.3. The molecule has 39 heavy (non-hydrogen) atoms. The molecule has 2 aromatic carbocycles. The number of benzene rings is 2. The number of carbonyl (C=O) groups is 3. The molecule has 0 radical (unpaired) electrons. The van der Waals surface area contributed by atoms with Gasteiger partial charge < -0.3 is 18.9 Å². The minimum Gasteiger partial charge on any atom is -0.465 e. The maximum absolute atomic E-state index is 13.2. The molecule has 1 atom stereocenters. The molecule has 0 bridgehead atoms. The summed E-state index contributed by atoms with van der Waals surface area (Å²) in [5.41, 5.74) is -0.654. The summed E-state index contributed by atoms with van der Waals surface area (Å²) in [6.45, 7) is 6.06. The average molecular weight is 547 g/mol. The van der Waals surface area contributed by atoms with Crippen LogP contribution in [0, 0.1) is 0 Å². The number of anilines is 1. The fourth-order valence-corrected chi connectivity index (χ4v) is 4.47. The maximum atomic E-state index is 13.2. The second kappa shape index (κ2) is 10.6. The van der Waals surface area contributed by atoms with Gasteiger partial charge in [-0.1, -0.05) is 6.07 Å². The van der Waals surface area contributed by atoms with E-state index < -0.39 is 35.3 Å². The molecule has 4 rings (SSSR count). The van der Waals surface area contributed by atoms with Crippen molar-refractivity contribution >= 4 is 35.0 Å². The number of rotatable bonds is 4. The Balaban J connectivity index is 1.72. The van der Waals surface area contributed by atoms with Gasteiger partial charge in [0.25, 0.3) is 5.91 Å². The standard InChI is InChI=1S/C27H29F3N4O5/c1-26(2,3)39-25(37)33-12-6-9-19(15-33)34-21-11-10-17(23(36)38-4)14-20(21)31-24(34)32-22(35)16-7-5-8-18(13-16)27(28,29)30/h5,7-8,10-11,13-14,19H,6,9,12,15H2,1-4H3,(H,31,32,35)/t19-/m1/s1. The number of esters is 1. The number of halogens is 3. The van der Waals surface area contributed by atoms with Crippen LogP contribution >= 0.6 is 0 Å². The van der Waals surface area contributed by atoms with Crippen LogP contribution in [0.1, 0.15) is 65.9 Å². The summed E-state index contributed by atoms with van der Waals surface area (Å²) in [7, 11) is 1.25. The molecule has 1 aliphatic heterocycles. The molecule has 208 valence electrons. The first kappa shape index (κ1) is 27.9. The topological polar surface area (TPSA) is 103 Å². The number of carbonyl (C=O) groups excluding carboxylic acids is 3. The van der Waals surface area contributed by atoms with Crippen LogP contribution in [0.2, 0.25) is 0 Å². The van der Waals surface area contributed by atoms with Gasteiger partial charge in [-0.25, -0.2) is 14.6 Å². The zero-order valence-corrected chi connectivity index (χ0v) is 22.0. The highest BCUT2D eigenvalue weighted by atomic mass is 19.4. The number of alkyl halides is 3. The van der Waals surface area contributed by atoms with Crippen LogP contribution in [0.15, 0.2) is 42.5 Å². The van der Waals surface area contributed by atoms with Crippen LogP contribution in [0.25, 0.3) is 11.0 Å². The van der Waals surface area contributed by atoms with Gasteiger partial charge in [-0.3, -0.25) is 10.1 Å². The zero-order chi connectivity index (χ0) is 28.5. The first-order chi connectivity index (χ1) is 18.3. The molecule has 2 heterocycles. The molecule has 3 aromatic rings. The second-order valence-electron chi connectivity index (χ2n) is 10.3. The number of likely N-dealkylation sites (tertiary alicyclic amines) is 1. The van der Waals surface area contributed by atoms with E-state index in [4.69, 9.17) is 9.47 Å². The van der Waals surface area contributed by atoms with Gasteiger partial charge in [-0.2, -0.15) is 13.2 Å². The summed E-state index contributed by atoms with van der Waals surface area (Å²) in [5, 5.41) is 2.63. The summed E-state index contributed by atoms with van der Waals surface area (Å²) in [6.07, 6.45) is -3.80. The molecule has 0 unspecified atom stereocenters. The van der Waals surface area contributed by atoms with Crippen molar-refractivity contribution in [3.63, 3.8) is 0 Å². The predicted octanol–water partition coefficient (Wildman–Crippen LogP) is 5.67. The third kappa shape index (κ3) is 6.32. The van der Waals surface area contributed by atoms with Gasteiger partial charge in [-0.05, 0) is 70.0 Å². The Kier molecular flexibility index (Phi) is 7.58. The first-order valence-electron chi connectivity index (χ1n) is 12.3. The Bertz CT molecular complexity index is 1410. The lowest BCUT2D eigenvalue weighted by Crippen LogP contribution is -2.43. The molecule has 1 aliphatic rings. The van der Waals surface area contributed by atoms with E-state index in [-0.39, 0.29) is 29.7 Å². The van der Waals surface area contributed by atoms with E-state index in [9.17, 15) is 27.6 Å². The van der Waals surface area contributed by atoms with Crippen molar-refractivity contribution < 1.29 is 37.0 Å². The van der Waals surface area contributed by atoms with E-state index in [0.29, 0.717) is 30.4 Å². The van der Waals surface area contributed by atoms with E-state index in [1.807, 2.05) is 0 Å². The fraction of sp³-hybridized carbons (Fsp3) is 0.407. The Labute approximate surface area is 222 Å². The molecule has 1 aromatic heterocycles. The van der Waals surface area contributed by atoms with Crippen molar-refractivity contribution in [2.45, 2.75) is 51.4 Å². The van der Waals surface area contributed by atoms with Crippen LogP contribution in [0.3, 0.4) is 0 Å². The van der Waals surface area contributed by atoms with E-state index >= 15 is 0 Å². The molecule has 0 spiro atoms. The molecule has 12 heteroatoms.